The fourth-order valence-corrected chi connectivity index (χ4v) is 1.65. The molecule has 0 aromatic heterocycles. The summed E-state index contributed by atoms with van der Waals surface area (Å²) >= 11 is 0. The van der Waals surface area contributed by atoms with Crippen LogP contribution < -0.4 is 20.5 Å². The fraction of sp³-hybridized carbons (Fsp3) is 0.417. The molecule has 1 aliphatic rings. The molecule has 0 saturated carbocycles. The van der Waals surface area contributed by atoms with E-state index in [1.807, 2.05) is 18.2 Å². The molecule has 1 amide bonds. The summed E-state index contributed by atoms with van der Waals surface area (Å²) < 4.78 is 15.5. The molecule has 0 spiro atoms. The first-order chi connectivity index (χ1) is 8.75. The maximum atomic E-state index is 10.3. The molecule has 0 bridgehead atoms. The number of benzene rings is 1. The fourth-order valence-electron chi connectivity index (χ4n) is 1.65. The van der Waals surface area contributed by atoms with E-state index in [1.54, 1.807) is 0 Å². The second-order valence-electron chi connectivity index (χ2n) is 3.82. The maximum absolute atomic E-state index is 10.3. The zero-order valence-electron chi connectivity index (χ0n) is 9.98. The Kier molecular flexibility index (Phi) is 4.25. The normalized spacial score (nSPS) is 13.1. The molecule has 6 nitrogen and oxygen atoms in total. The highest BCUT2D eigenvalue weighted by molar-refractivity contribution is 5.64. The van der Waals surface area contributed by atoms with Gasteiger partial charge in [-0.15, -0.1) is 0 Å². The highest BCUT2D eigenvalue weighted by Crippen LogP contribution is 2.30. The molecule has 1 aliphatic heterocycles. The first kappa shape index (κ1) is 12.5. The van der Waals surface area contributed by atoms with Crippen LogP contribution >= 0.6 is 0 Å². The third-order valence-corrected chi connectivity index (χ3v) is 2.46. The van der Waals surface area contributed by atoms with Gasteiger partial charge in [-0.25, -0.2) is 4.79 Å². The molecule has 1 aromatic rings. The van der Waals surface area contributed by atoms with Gasteiger partial charge in [0.1, 0.15) is 19.8 Å². The minimum atomic E-state index is -0.754. The number of ether oxygens (including phenoxy) is 3. The number of hydrogen-bond donors (Lipinski definition) is 2. The lowest BCUT2D eigenvalue weighted by atomic mass is 10.2. The molecule has 1 heterocycles. The third-order valence-electron chi connectivity index (χ3n) is 2.46. The van der Waals surface area contributed by atoms with Gasteiger partial charge in [0.25, 0.3) is 0 Å². The molecular weight excluding hydrogens is 236 g/mol. The summed E-state index contributed by atoms with van der Waals surface area (Å²) in [6, 6.07) is 5.80. The largest absolute Gasteiger partial charge is 0.486 e. The van der Waals surface area contributed by atoms with Gasteiger partial charge in [0.2, 0.25) is 0 Å². The van der Waals surface area contributed by atoms with Gasteiger partial charge >= 0.3 is 6.09 Å². The van der Waals surface area contributed by atoms with E-state index in [2.05, 4.69) is 10.1 Å². The lowest BCUT2D eigenvalue weighted by Gasteiger charge is -2.18. The van der Waals surface area contributed by atoms with Crippen molar-refractivity contribution >= 4 is 6.09 Å². The van der Waals surface area contributed by atoms with E-state index >= 15 is 0 Å². The van der Waals surface area contributed by atoms with Gasteiger partial charge in [0.15, 0.2) is 11.5 Å². The summed E-state index contributed by atoms with van der Waals surface area (Å²) in [5, 5.41) is 3.13. The van der Waals surface area contributed by atoms with Crippen molar-refractivity contribution in [3.8, 4) is 11.5 Å². The van der Waals surface area contributed by atoms with Crippen LogP contribution in [0.15, 0.2) is 18.2 Å². The monoisotopic (exact) mass is 252 g/mol. The van der Waals surface area contributed by atoms with E-state index < -0.39 is 6.09 Å². The molecule has 3 N–H and O–H groups in total. The van der Waals surface area contributed by atoms with Crippen LogP contribution in [0.25, 0.3) is 0 Å². The summed E-state index contributed by atoms with van der Waals surface area (Å²) in [7, 11) is 0. The molecule has 0 aliphatic carbocycles. The van der Waals surface area contributed by atoms with Crippen molar-refractivity contribution in [3.63, 3.8) is 0 Å². The van der Waals surface area contributed by atoms with Gasteiger partial charge < -0.3 is 25.3 Å². The van der Waals surface area contributed by atoms with Crippen LogP contribution in [0.3, 0.4) is 0 Å². The van der Waals surface area contributed by atoms with Gasteiger partial charge in [0, 0.05) is 13.1 Å². The quantitative estimate of drug-likeness (QED) is 0.751. The summed E-state index contributed by atoms with van der Waals surface area (Å²) in [6.45, 7) is 2.65. The predicted octanol–water partition coefficient (Wildman–Crippen LogP) is 0.643. The Hall–Kier alpha value is -1.95. The summed E-state index contributed by atoms with van der Waals surface area (Å²) in [5.74, 6) is 1.55. The molecule has 0 unspecified atom stereocenters. The lowest BCUT2D eigenvalue weighted by molar-refractivity contribution is 0.157. The molecule has 6 heteroatoms. The Bertz CT molecular complexity index is 423. The molecule has 2 rings (SSSR count). The lowest BCUT2D eigenvalue weighted by Crippen LogP contribution is -2.23. The Morgan fingerprint density at radius 1 is 1.33 bits per heavy atom. The maximum Gasteiger partial charge on any atom is 0.404 e. The van der Waals surface area contributed by atoms with Crippen molar-refractivity contribution in [3.05, 3.63) is 23.8 Å². The van der Waals surface area contributed by atoms with Crippen molar-refractivity contribution in [2.75, 3.05) is 26.4 Å². The zero-order chi connectivity index (χ0) is 12.8. The number of fused-ring (bicyclic) bond motifs is 1. The van der Waals surface area contributed by atoms with Crippen LogP contribution in [-0.2, 0) is 11.3 Å². The summed E-state index contributed by atoms with van der Waals surface area (Å²) in [6.07, 6.45) is -0.754. The topological polar surface area (TPSA) is 82.8 Å². The van der Waals surface area contributed by atoms with Crippen LogP contribution in [0.1, 0.15) is 5.56 Å². The Morgan fingerprint density at radius 3 is 2.89 bits per heavy atom. The Balaban J connectivity index is 1.77. The second kappa shape index (κ2) is 6.11. The van der Waals surface area contributed by atoms with Gasteiger partial charge in [-0.2, -0.15) is 0 Å². The third kappa shape index (κ3) is 3.53. The average molecular weight is 252 g/mol. The van der Waals surface area contributed by atoms with Crippen LogP contribution in [0.2, 0.25) is 0 Å². The van der Waals surface area contributed by atoms with Gasteiger partial charge in [-0.1, -0.05) is 6.07 Å². The van der Waals surface area contributed by atoms with Gasteiger partial charge in [0.05, 0.1) is 0 Å². The van der Waals surface area contributed by atoms with Crippen LogP contribution in [0, 0.1) is 0 Å². The highest BCUT2D eigenvalue weighted by atomic mass is 16.6. The van der Waals surface area contributed by atoms with Gasteiger partial charge in [-0.3, -0.25) is 0 Å². The molecule has 98 valence electrons. The molecule has 0 fully saturated rings. The van der Waals surface area contributed by atoms with E-state index in [1.165, 1.54) is 0 Å². The minimum Gasteiger partial charge on any atom is -0.486 e. The van der Waals surface area contributed by atoms with E-state index in [0.29, 0.717) is 26.3 Å². The van der Waals surface area contributed by atoms with Crippen molar-refractivity contribution in [1.82, 2.24) is 5.32 Å². The highest BCUT2D eigenvalue weighted by Gasteiger charge is 2.11. The molecule has 1 aromatic carbocycles. The second-order valence-corrected chi connectivity index (χ2v) is 3.82. The molecule has 18 heavy (non-hydrogen) atoms. The minimum absolute atomic E-state index is 0.264. The zero-order valence-corrected chi connectivity index (χ0v) is 9.98. The first-order valence-corrected chi connectivity index (χ1v) is 5.77. The van der Waals surface area contributed by atoms with E-state index in [0.717, 1.165) is 17.1 Å². The number of nitrogens with one attached hydrogen (secondary N) is 1. The Labute approximate surface area is 105 Å². The number of primary amides is 1. The summed E-state index contributed by atoms with van der Waals surface area (Å²) in [4.78, 5) is 10.3. The number of carbonyl (C=O) groups excluding carboxylic acids is 1. The SMILES string of the molecule is NC(=O)OCCNCc1ccc2c(c1)OCCO2. The molecule has 0 radical (unpaired) electrons. The number of amides is 1. The van der Waals surface area contributed by atoms with Gasteiger partial charge in [-0.05, 0) is 17.7 Å². The predicted molar refractivity (Wildman–Crippen MR) is 64.7 cm³/mol. The van der Waals surface area contributed by atoms with Crippen molar-refractivity contribution in [2.45, 2.75) is 6.54 Å². The number of carbonyl (C=O) groups is 1. The van der Waals surface area contributed by atoms with Crippen molar-refractivity contribution in [2.24, 2.45) is 5.73 Å². The van der Waals surface area contributed by atoms with Crippen LogP contribution in [-0.4, -0.2) is 32.5 Å². The van der Waals surface area contributed by atoms with E-state index in [-0.39, 0.29) is 6.61 Å². The van der Waals surface area contributed by atoms with E-state index in [4.69, 9.17) is 15.2 Å². The first-order valence-electron chi connectivity index (χ1n) is 5.77. The smallest absolute Gasteiger partial charge is 0.404 e. The number of rotatable bonds is 5. The van der Waals surface area contributed by atoms with Crippen molar-refractivity contribution < 1.29 is 19.0 Å². The molecular formula is C12H16N2O4. The average Bonchev–Trinajstić information content (AvgIpc) is 2.38. The standard InChI is InChI=1S/C12H16N2O4/c13-12(15)18-4-3-14-8-9-1-2-10-11(7-9)17-6-5-16-10/h1-2,7,14H,3-6,8H2,(H2,13,15). The Morgan fingerprint density at radius 2 is 2.11 bits per heavy atom. The van der Waals surface area contributed by atoms with Crippen LogP contribution in [0.5, 0.6) is 11.5 Å². The van der Waals surface area contributed by atoms with Crippen LogP contribution in [0.4, 0.5) is 4.79 Å². The van der Waals surface area contributed by atoms with E-state index in [9.17, 15) is 4.79 Å². The number of hydrogen-bond acceptors (Lipinski definition) is 5. The number of nitrogens with two attached hydrogens (primary N) is 1. The van der Waals surface area contributed by atoms with Crippen molar-refractivity contribution in [1.29, 1.82) is 0 Å². The molecule has 0 atom stereocenters. The molecule has 0 saturated heterocycles. The summed E-state index contributed by atoms with van der Waals surface area (Å²) in [5.41, 5.74) is 5.92.